The molecule has 0 aliphatic heterocycles. The van der Waals surface area contributed by atoms with Crippen LogP contribution in [0, 0.1) is 6.92 Å². The van der Waals surface area contributed by atoms with Crippen LogP contribution in [-0.2, 0) is 10.0 Å². The number of hydrogen-bond acceptors (Lipinski definition) is 5. The van der Waals surface area contributed by atoms with Crippen LogP contribution >= 0.6 is 11.3 Å². The molecule has 17 heavy (non-hydrogen) atoms. The quantitative estimate of drug-likeness (QED) is 0.832. The average Bonchev–Trinajstić information content (AvgIpc) is 2.63. The highest BCUT2D eigenvalue weighted by atomic mass is 32.2. The first kappa shape index (κ1) is 11.9. The minimum atomic E-state index is -3.58. The maximum absolute atomic E-state index is 11.9. The van der Waals surface area contributed by atoms with E-state index in [4.69, 9.17) is 5.73 Å². The molecule has 0 bridgehead atoms. The Hall–Kier alpha value is -1.60. The van der Waals surface area contributed by atoms with Gasteiger partial charge in [-0.1, -0.05) is 0 Å². The van der Waals surface area contributed by atoms with Crippen molar-refractivity contribution in [1.82, 2.24) is 4.98 Å². The third kappa shape index (κ3) is 2.75. The number of rotatable bonds is 3. The molecular weight excluding hydrogens is 258 g/mol. The largest absolute Gasteiger partial charge is 0.399 e. The number of aromatic nitrogens is 1. The van der Waals surface area contributed by atoms with Gasteiger partial charge in [-0.2, -0.15) is 0 Å². The summed E-state index contributed by atoms with van der Waals surface area (Å²) in [6, 6.07) is 6.00. The Morgan fingerprint density at radius 1 is 1.29 bits per heavy atom. The zero-order chi connectivity index (χ0) is 12.5. The zero-order valence-corrected chi connectivity index (χ0v) is 10.7. The van der Waals surface area contributed by atoms with E-state index in [1.54, 1.807) is 17.5 Å². The molecule has 0 saturated heterocycles. The smallest absolute Gasteiger partial charge is 0.263 e. The highest BCUT2D eigenvalue weighted by Crippen LogP contribution is 2.18. The molecule has 0 unspecified atom stereocenters. The van der Waals surface area contributed by atoms with Gasteiger partial charge in [0.1, 0.15) is 0 Å². The molecule has 0 aliphatic rings. The van der Waals surface area contributed by atoms with E-state index in [-0.39, 0.29) is 4.90 Å². The molecule has 7 heteroatoms. The molecule has 1 aromatic carbocycles. The van der Waals surface area contributed by atoms with Gasteiger partial charge >= 0.3 is 0 Å². The Morgan fingerprint density at radius 3 is 2.47 bits per heavy atom. The molecule has 0 amide bonds. The van der Waals surface area contributed by atoms with Crippen molar-refractivity contribution in [2.24, 2.45) is 0 Å². The van der Waals surface area contributed by atoms with Crippen LogP contribution in [0.15, 0.2) is 34.5 Å². The lowest BCUT2D eigenvalue weighted by Crippen LogP contribution is -2.13. The lowest BCUT2D eigenvalue weighted by atomic mass is 10.3. The van der Waals surface area contributed by atoms with Gasteiger partial charge in [0.15, 0.2) is 5.82 Å². The van der Waals surface area contributed by atoms with E-state index in [9.17, 15) is 8.42 Å². The predicted octanol–water partition coefficient (Wildman–Crippen LogP) is 1.83. The topological polar surface area (TPSA) is 85.1 Å². The minimum absolute atomic E-state index is 0.164. The van der Waals surface area contributed by atoms with Crippen molar-refractivity contribution in [1.29, 1.82) is 0 Å². The van der Waals surface area contributed by atoms with E-state index in [0.29, 0.717) is 11.5 Å². The monoisotopic (exact) mass is 269 g/mol. The van der Waals surface area contributed by atoms with Gasteiger partial charge in [0, 0.05) is 11.1 Å². The highest BCUT2D eigenvalue weighted by Gasteiger charge is 2.14. The number of nitrogens with zero attached hydrogens (tertiary/aromatic N) is 1. The molecule has 2 aromatic rings. The van der Waals surface area contributed by atoms with Crippen LogP contribution in [0.4, 0.5) is 11.5 Å². The van der Waals surface area contributed by atoms with Crippen LogP contribution in [0.3, 0.4) is 0 Å². The molecule has 3 N–H and O–H groups in total. The predicted molar refractivity (Wildman–Crippen MR) is 68.5 cm³/mol. The molecule has 2 rings (SSSR count). The molecule has 0 atom stereocenters. The van der Waals surface area contributed by atoms with Gasteiger partial charge in [-0.05, 0) is 31.2 Å². The normalized spacial score (nSPS) is 11.4. The summed E-state index contributed by atoms with van der Waals surface area (Å²) in [6.45, 7) is 1.81. The second kappa shape index (κ2) is 4.34. The Morgan fingerprint density at radius 2 is 1.94 bits per heavy atom. The first-order valence-corrected chi connectivity index (χ1v) is 7.14. The summed E-state index contributed by atoms with van der Waals surface area (Å²) in [5.74, 6) is 0.337. The van der Waals surface area contributed by atoms with E-state index in [0.717, 1.165) is 5.01 Å². The van der Waals surface area contributed by atoms with Crippen LogP contribution in [0.5, 0.6) is 0 Å². The Bertz CT molecular complexity index is 617. The summed E-state index contributed by atoms with van der Waals surface area (Å²) in [6.07, 6.45) is 0. The van der Waals surface area contributed by atoms with Crippen molar-refractivity contribution in [2.45, 2.75) is 11.8 Å². The first-order valence-electron chi connectivity index (χ1n) is 4.78. The summed E-state index contributed by atoms with van der Waals surface area (Å²) in [5, 5.41) is 2.46. The number of nitrogen functional groups attached to an aromatic ring is 1. The second-order valence-electron chi connectivity index (χ2n) is 3.43. The molecule has 0 radical (unpaired) electrons. The molecule has 0 fully saturated rings. The van der Waals surface area contributed by atoms with Gasteiger partial charge < -0.3 is 5.73 Å². The number of nitrogens with one attached hydrogen (secondary N) is 1. The van der Waals surface area contributed by atoms with Crippen molar-refractivity contribution in [2.75, 3.05) is 10.5 Å². The van der Waals surface area contributed by atoms with Crippen LogP contribution in [0.2, 0.25) is 0 Å². The molecular formula is C10H11N3O2S2. The number of anilines is 2. The van der Waals surface area contributed by atoms with Crippen LogP contribution in [-0.4, -0.2) is 13.4 Å². The summed E-state index contributed by atoms with van der Waals surface area (Å²) < 4.78 is 26.3. The summed E-state index contributed by atoms with van der Waals surface area (Å²) in [5.41, 5.74) is 6.02. The molecule has 90 valence electrons. The summed E-state index contributed by atoms with van der Waals surface area (Å²) in [7, 11) is -3.58. The fraction of sp³-hybridized carbons (Fsp3) is 0.100. The molecule has 1 aromatic heterocycles. The van der Waals surface area contributed by atoms with Crippen molar-refractivity contribution in [3.63, 3.8) is 0 Å². The number of nitrogens with two attached hydrogens (primary N) is 1. The SMILES string of the molecule is Cc1nc(NS(=O)(=O)c2ccc(N)cc2)cs1. The highest BCUT2D eigenvalue weighted by molar-refractivity contribution is 7.92. The van der Waals surface area contributed by atoms with E-state index in [1.807, 2.05) is 6.92 Å². The number of thiazole rings is 1. The Balaban J connectivity index is 2.28. The van der Waals surface area contributed by atoms with Gasteiger partial charge in [0.05, 0.1) is 9.90 Å². The Labute approximate surface area is 103 Å². The molecule has 0 aliphatic carbocycles. The minimum Gasteiger partial charge on any atom is -0.399 e. The summed E-state index contributed by atoms with van der Waals surface area (Å²) in [4.78, 5) is 4.21. The number of benzene rings is 1. The standard InChI is InChI=1S/C10H11N3O2S2/c1-7-12-10(6-16-7)13-17(14,15)9-4-2-8(11)3-5-9/h2-6,13H,11H2,1H3. The van der Waals surface area contributed by atoms with Gasteiger partial charge in [-0.3, -0.25) is 4.72 Å². The second-order valence-corrected chi connectivity index (χ2v) is 6.17. The van der Waals surface area contributed by atoms with Gasteiger partial charge in [-0.15, -0.1) is 11.3 Å². The maximum atomic E-state index is 11.9. The third-order valence-electron chi connectivity index (χ3n) is 2.05. The zero-order valence-electron chi connectivity index (χ0n) is 9.04. The van der Waals surface area contributed by atoms with Crippen LogP contribution in [0.25, 0.3) is 0 Å². The van der Waals surface area contributed by atoms with E-state index < -0.39 is 10.0 Å². The molecule has 0 saturated carbocycles. The number of aryl methyl sites for hydroxylation is 1. The summed E-state index contributed by atoms with van der Waals surface area (Å²) >= 11 is 1.38. The lowest BCUT2D eigenvalue weighted by Gasteiger charge is -2.05. The Kier molecular flexibility index (Phi) is 3.03. The molecule has 1 heterocycles. The fourth-order valence-electron chi connectivity index (χ4n) is 1.25. The van der Waals surface area contributed by atoms with E-state index in [2.05, 4.69) is 9.71 Å². The van der Waals surface area contributed by atoms with Crippen LogP contribution < -0.4 is 10.5 Å². The van der Waals surface area contributed by atoms with Crippen molar-refractivity contribution in [3.05, 3.63) is 34.7 Å². The van der Waals surface area contributed by atoms with Crippen molar-refractivity contribution in [3.8, 4) is 0 Å². The third-order valence-corrected chi connectivity index (χ3v) is 4.19. The number of hydrogen-bond donors (Lipinski definition) is 2. The van der Waals surface area contributed by atoms with E-state index >= 15 is 0 Å². The maximum Gasteiger partial charge on any atom is 0.263 e. The van der Waals surface area contributed by atoms with Gasteiger partial charge in [0.25, 0.3) is 10.0 Å². The lowest BCUT2D eigenvalue weighted by molar-refractivity contribution is 0.601. The number of sulfonamides is 1. The van der Waals surface area contributed by atoms with Gasteiger partial charge in [-0.25, -0.2) is 13.4 Å². The first-order chi connectivity index (χ1) is 7.97. The van der Waals surface area contributed by atoms with E-state index in [1.165, 1.54) is 23.5 Å². The van der Waals surface area contributed by atoms with Crippen LogP contribution in [0.1, 0.15) is 5.01 Å². The molecule has 5 nitrogen and oxygen atoms in total. The average molecular weight is 269 g/mol. The van der Waals surface area contributed by atoms with Crippen molar-refractivity contribution >= 4 is 32.9 Å². The van der Waals surface area contributed by atoms with Crippen molar-refractivity contribution < 1.29 is 8.42 Å². The molecule has 0 spiro atoms. The fourth-order valence-corrected chi connectivity index (χ4v) is 2.87. The van der Waals surface area contributed by atoms with Gasteiger partial charge in [0.2, 0.25) is 0 Å².